The number of hydrogen-bond donors (Lipinski definition) is 1. The van der Waals surface area contributed by atoms with Crippen molar-refractivity contribution in [2.45, 2.75) is 45.6 Å². The van der Waals surface area contributed by atoms with Crippen molar-refractivity contribution in [3.8, 4) is 0 Å². The van der Waals surface area contributed by atoms with Gasteiger partial charge in [0.25, 0.3) is 5.56 Å². The van der Waals surface area contributed by atoms with Gasteiger partial charge in [-0.1, -0.05) is 18.2 Å². The first-order valence-corrected chi connectivity index (χ1v) is 10.9. The van der Waals surface area contributed by atoms with Crippen LogP contribution in [0.4, 0.5) is 5.69 Å². The standard InChI is InChI=1S/C22H23N3O4S/c1-3-29-22(28)15-10-7-11-16-18(15)19-20(30-16)23-13(2)25(21(19)27)12-17(26)24-14-8-5-4-6-9-14/h4-6,8-9,15H,3,7,10-12H2,1-2H3,(H,24,26). The van der Waals surface area contributed by atoms with Gasteiger partial charge in [0.2, 0.25) is 5.91 Å². The molecule has 0 aliphatic heterocycles. The summed E-state index contributed by atoms with van der Waals surface area (Å²) < 4.78 is 6.63. The van der Waals surface area contributed by atoms with Crippen LogP contribution in [-0.2, 0) is 27.3 Å². The second-order valence-electron chi connectivity index (χ2n) is 7.28. The van der Waals surface area contributed by atoms with E-state index in [0.717, 1.165) is 23.3 Å². The third-order valence-electron chi connectivity index (χ3n) is 5.29. The molecule has 0 bridgehead atoms. The SMILES string of the molecule is CCOC(=O)C1CCCc2sc3nc(C)n(CC(=O)Nc4ccccc4)c(=O)c3c21. The van der Waals surface area contributed by atoms with E-state index < -0.39 is 5.92 Å². The first kappa shape index (κ1) is 20.3. The number of aromatic nitrogens is 2. The summed E-state index contributed by atoms with van der Waals surface area (Å²) in [5, 5.41) is 3.24. The molecular weight excluding hydrogens is 402 g/mol. The third-order valence-corrected chi connectivity index (χ3v) is 6.45. The number of nitrogens with one attached hydrogen (secondary N) is 1. The third kappa shape index (κ3) is 3.75. The Balaban J connectivity index is 1.74. The minimum Gasteiger partial charge on any atom is -0.466 e. The Morgan fingerprint density at radius 1 is 1.30 bits per heavy atom. The van der Waals surface area contributed by atoms with Gasteiger partial charge in [-0.25, -0.2) is 4.98 Å². The van der Waals surface area contributed by atoms with Crippen LogP contribution in [-0.4, -0.2) is 28.0 Å². The van der Waals surface area contributed by atoms with E-state index in [2.05, 4.69) is 10.3 Å². The van der Waals surface area contributed by atoms with Crippen LogP contribution in [0.25, 0.3) is 10.2 Å². The quantitative estimate of drug-likeness (QED) is 0.633. The normalized spacial score (nSPS) is 15.6. The van der Waals surface area contributed by atoms with Gasteiger partial charge < -0.3 is 10.1 Å². The highest BCUT2D eigenvalue weighted by Crippen LogP contribution is 2.41. The maximum Gasteiger partial charge on any atom is 0.313 e. The molecule has 1 amide bonds. The van der Waals surface area contributed by atoms with Crippen molar-refractivity contribution < 1.29 is 14.3 Å². The zero-order valence-electron chi connectivity index (χ0n) is 16.9. The van der Waals surface area contributed by atoms with Gasteiger partial charge >= 0.3 is 5.97 Å². The molecule has 1 unspecified atom stereocenters. The summed E-state index contributed by atoms with van der Waals surface area (Å²) in [5.74, 6) is -0.585. The Hall–Kier alpha value is -3.00. The van der Waals surface area contributed by atoms with Crippen molar-refractivity contribution in [1.29, 1.82) is 0 Å². The first-order valence-electron chi connectivity index (χ1n) is 10.0. The van der Waals surface area contributed by atoms with E-state index in [1.807, 2.05) is 18.2 Å². The van der Waals surface area contributed by atoms with E-state index in [-0.39, 0.29) is 24.0 Å². The lowest BCUT2D eigenvalue weighted by molar-refractivity contribution is -0.145. The molecule has 1 aliphatic carbocycles. The largest absolute Gasteiger partial charge is 0.466 e. The second-order valence-corrected chi connectivity index (χ2v) is 8.36. The van der Waals surface area contributed by atoms with Crippen molar-refractivity contribution in [1.82, 2.24) is 9.55 Å². The van der Waals surface area contributed by atoms with Crippen LogP contribution in [0.3, 0.4) is 0 Å². The molecule has 3 aromatic rings. The molecule has 0 radical (unpaired) electrons. The van der Waals surface area contributed by atoms with E-state index in [4.69, 9.17) is 4.74 Å². The minimum atomic E-state index is -0.453. The Morgan fingerprint density at radius 2 is 2.07 bits per heavy atom. The smallest absolute Gasteiger partial charge is 0.313 e. The molecule has 0 fully saturated rings. The van der Waals surface area contributed by atoms with Gasteiger partial charge in [0.05, 0.1) is 17.9 Å². The van der Waals surface area contributed by atoms with E-state index in [0.29, 0.717) is 34.8 Å². The van der Waals surface area contributed by atoms with Gasteiger partial charge in [-0.3, -0.25) is 19.0 Å². The summed E-state index contributed by atoms with van der Waals surface area (Å²) in [6, 6.07) is 9.09. The molecule has 0 spiro atoms. The summed E-state index contributed by atoms with van der Waals surface area (Å²) in [7, 11) is 0. The topological polar surface area (TPSA) is 90.3 Å². The lowest BCUT2D eigenvalue weighted by Gasteiger charge is -2.21. The Kier molecular flexibility index (Phi) is 5.67. The Bertz CT molecular complexity index is 1170. The summed E-state index contributed by atoms with van der Waals surface area (Å²) in [4.78, 5) is 44.7. The highest BCUT2D eigenvalue weighted by molar-refractivity contribution is 7.18. The highest BCUT2D eigenvalue weighted by Gasteiger charge is 2.33. The molecule has 1 atom stereocenters. The Labute approximate surface area is 177 Å². The number of ether oxygens (including phenoxy) is 1. The summed E-state index contributed by atoms with van der Waals surface area (Å²) >= 11 is 1.46. The fourth-order valence-corrected chi connectivity index (χ4v) is 5.26. The average Bonchev–Trinajstić information content (AvgIpc) is 3.10. The van der Waals surface area contributed by atoms with E-state index >= 15 is 0 Å². The number of esters is 1. The first-order chi connectivity index (χ1) is 14.5. The summed E-state index contributed by atoms with van der Waals surface area (Å²) in [6.07, 6.45) is 2.34. The monoisotopic (exact) mass is 425 g/mol. The molecule has 7 nitrogen and oxygen atoms in total. The van der Waals surface area contributed by atoms with Gasteiger partial charge in [0, 0.05) is 10.6 Å². The van der Waals surface area contributed by atoms with Gasteiger partial charge in [-0.15, -0.1) is 11.3 Å². The molecule has 2 aromatic heterocycles. The molecule has 1 aromatic carbocycles. The maximum atomic E-state index is 13.4. The van der Waals surface area contributed by atoms with Crippen molar-refractivity contribution in [2.75, 3.05) is 11.9 Å². The van der Waals surface area contributed by atoms with Crippen LogP contribution in [0.5, 0.6) is 0 Å². The Morgan fingerprint density at radius 3 is 2.80 bits per heavy atom. The summed E-state index contributed by atoms with van der Waals surface area (Å²) in [6.45, 7) is 3.65. The highest BCUT2D eigenvalue weighted by atomic mass is 32.1. The number of rotatable bonds is 5. The lowest BCUT2D eigenvalue weighted by atomic mass is 9.86. The van der Waals surface area contributed by atoms with Crippen LogP contribution in [0.2, 0.25) is 0 Å². The van der Waals surface area contributed by atoms with Gasteiger partial charge in [-0.05, 0) is 50.8 Å². The van der Waals surface area contributed by atoms with Gasteiger partial charge in [0.1, 0.15) is 17.2 Å². The predicted molar refractivity (Wildman–Crippen MR) is 116 cm³/mol. The number of para-hydroxylation sites is 1. The van der Waals surface area contributed by atoms with Crippen molar-refractivity contribution in [3.05, 3.63) is 57.0 Å². The van der Waals surface area contributed by atoms with Crippen LogP contribution < -0.4 is 10.9 Å². The van der Waals surface area contributed by atoms with E-state index in [1.165, 1.54) is 15.9 Å². The van der Waals surface area contributed by atoms with Gasteiger partial charge in [-0.2, -0.15) is 0 Å². The number of aryl methyl sites for hydroxylation is 2. The van der Waals surface area contributed by atoms with Crippen LogP contribution in [0.15, 0.2) is 35.1 Å². The molecule has 0 saturated heterocycles. The maximum absolute atomic E-state index is 13.4. The average molecular weight is 426 g/mol. The number of thiophene rings is 1. The molecule has 0 saturated carbocycles. The zero-order valence-corrected chi connectivity index (χ0v) is 17.8. The van der Waals surface area contributed by atoms with Crippen LogP contribution in [0.1, 0.15) is 41.9 Å². The number of anilines is 1. The predicted octanol–water partition coefficient (Wildman–Crippen LogP) is 3.39. The van der Waals surface area contributed by atoms with Crippen LogP contribution in [0, 0.1) is 6.92 Å². The summed E-state index contributed by atoms with van der Waals surface area (Å²) in [5.41, 5.74) is 1.13. The lowest BCUT2D eigenvalue weighted by Crippen LogP contribution is -2.31. The number of nitrogens with zero attached hydrogens (tertiary/aromatic N) is 2. The fourth-order valence-electron chi connectivity index (χ4n) is 3.95. The van der Waals surface area contributed by atoms with Crippen molar-refractivity contribution >= 4 is 39.1 Å². The number of carbonyl (C=O) groups is 2. The van der Waals surface area contributed by atoms with Crippen molar-refractivity contribution in [2.24, 2.45) is 0 Å². The molecular formula is C22H23N3O4S. The molecule has 2 heterocycles. The number of benzene rings is 1. The molecule has 30 heavy (non-hydrogen) atoms. The molecule has 1 aliphatic rings. The second kappa shape index (κ2) is 8.39. The molecule has 8 heteroatoms. The van der Waals surface area contributed by atoms with Crippen LogP contribution >= 0.6 is 11.3 Å². The zero-order chi connectivity index (χ0) is 21.3. The number of amides is 1. The molecule has 4 rings (SSSR count). The number of hydrogen-bond acceptors (Lipinski definition) is 6. The number of fused-ring (bicyclic) bond motifs is 3. The van der Waals surface area contributed by atoms with E-state index in [1.54, 1.807) is 26.0 Å². The van der Waals surface area contributed by atoms with E-state index in [9.17, 15) is 14.4 Å². The number of carbonyl (C=O) groups excluding carboxylic acids is 2. The van der Waals surface area contributed by atoms with Crippen molar-refractivity contribution in [3.63, 3.8) is 0 Å². The van der Waals surface area contributed by atoms with Gasteiger partial charge in [0.15, 0.2) is 0 Å². The minimum absolute atomic E-state index is 0.142. The molecule has 156 valence electrons. The molecule has 1 N–H and O–H groups in total. The fraction of sp³-hybridized carbons (Fsp3) is 0.364.